The van der Waals surface area contributed by atoms with Crippen LogP contribution in [-0.4, -0.2) is 29.3 Å². The smallest absolute Gasteiger partial charge is 0.243 e. The summed E-state index contributed by atoms with van der Waals surface area (Å²) in [5.41, 5.74) is 1.84. The molecular formula is C28H30F2N2O2. The number of carbonyl (C=O) groups is 2. The van der Waals surface area contributed by atoms with Crippen LogP contribution in [0.4, 0.5) is 8.78 Å². The van der Waals surface area contributed by atoms with Gasteiger partial charge in [0.2, 0.25) is 11.8 Å². The van der Waals surface area contributed by atoms with Crippen molar-refractivity contribution in [3.8, 4) is 0 Å². The average Bonchev–Trinajstić information content (AvgIpc) is 2.84. The van der Waals surface area contributed by atoms with Gasteiger partial charge >= 0.3 is 0 Å². The van der Waals surface area contributed by atoms with Crippen LogP contribution in [0.25, 0.3) is 0 Å². The van der Waals surface area contributed by atoms with Crippen LogP contribution in [0.15, 0.2) is 78.9 Å². The Morgan fingerprint density at radius 1 is 0.882 bits per heavy atom. The van der Waals surface area contributed by atoms with E-state index in [2.05, 4.69) is 5.32 Å². The molecule has 0 aliphatic carbocycles. The van der Waals surface area contributed by atoms with Crippen LogP contribution in [0.1, 0.15) is 36.5 Å². The first kappa shape index (κ1) is 25.1. The summed E-state index contributed by atoms with van der Waals surface area (Å²) in [6.07, 6.45) is 2.01. The minimum Gasteiger partial charge on any atom is -0.354 e. The second-order valence-corrected chi connectivity index (χ2v) is 8.27. The van der Waals surface area contributed by atoms with E-state index in [1.54, 1.807) is 30.3 Å². The van der Waals surface area contributed by atoms with E-state index in [1.165, 1.54) is 23.1 Å². The lowest BCUT2D eigenvalue weighted by Gasteiger charge is -2.32. The fraction of sp³-hybridized carbons (Fsp3) is 0.286. The number of nitrogens with one attached hydrogen (secondary N) is 1. The van der Waals surface area contributed by atoms with E-state index < -0.39 is 17.7 Å². The highest BCUT2D eigenvalue weighted by atomic mass is 19.1. The summed E-state index contributed by atoms with van der Waals surface area (Å²) in [5, 5.41) is 2.93. The molecule has 3 aromatic carbocycles. The zero-order chi connectivity index (χ0) is 24.3. The fourth-order valence-electron chi connectivity index (χ4n) is 3.75. The van der Waals surface area contributed by atoms with Gasteiger partial charge < -0.3 is 10.2 Å². The number of carbonyl (C=O) groups excluding carboxylic acids is 2. The predicted molar refractivity (Wildman–Crippen MR) is 129 cm³/mol. The molecule has 178 valence electrons. The Hall–Kier alpha value is -3.54. The number of halogens is 2. The van der Waals surface area contributed by atoms with Crippen LogP contribution in [-0.2, 0) is 29.0 Å². The fourth-order valence-corrected chi connectivity index (χ4v) is 3.75. The molecule has 0 aliphatic heterocycles. The van der Waals surface area contributed by atoms with Crippen molar-refractivity contribution in [2.75, 3.05) is 6.54 Å². The maximum atomic E-state index is 14.5. The number of nitrogens with zero attached hydrogens (tertiary/aromatic N) is 1. The van der Waals surface area contributed by atoms with Crippen molar-refractivity contribution in [3.05, 3.63) is 107 Å². The Bertz CT molecular complexity index is 1070. The molecule has 0 aliphatic rings. The molecule has 0 radical (unpaired) electrons. The minimum atomic E-state index is -0.827. The molecule has 3 aromatic rings. The lowest BCUT2D eigenvalue weighted by Crippen LogP contribution is -2.51. The topological polar surface area (TPSA) is 49.4 Å². The van der Waals surface area contributed by atoms with Crippen molar-refractivity contribution in [1.82, 2.24) is 10.2 Å². The zero-order valence-corrected chi connectivity index (χ0v) is 19.3. The maximum absolute atomic E-state index is 14.5. The third kappa shape index (κ3) is 7.24. The molecule has 0 saturated heterocycles. The van der Waals surface area contributed by atoms with E-state index in [-0.39, 0.29) is 24.8 Å². The summed E-state index contributed by atoms with van der Waals surface area (Å²) >= 11 is 0. The molecule has 0 fully saturated rings. The third-order valence-electron chi connectivity index (χ3n) is 5.67. The Labute approximate surface area is 199 Å². The van der Waals surface area contributed by atoms with Gasteiger partial charge in [-0.25, -0.2) is 8.78 Å². The van der Waals surface area contributed by atoms with Crippen molar-refractivity contribution in [2.24, 2.45) is 0 Å². The molecule has 0 saturated carbocycles. The Kier molecular flexibility index (Phi) is 9.32. The summed E-state index contributed by atoms with van der Waals surface area (Å²) < 4.78 is 27.9. The van der Waals surface area contributed by atoms with Crippen LogP contribution in [0.5, 0.6) is 0 Å². The van der Waals surface area contributed by atoms with Crippen molar-refractivity contribution in [2.45, 2.75) is 45.2 Å². The maximum Gasteiger partial charge on any atom is 0.243 e. The highest BCUT2D eigenvalue weighted by Crippen LogP contribution is 2.18. The molecule has 34 heavy (non-hydrogen) atoms. The summed E-state index contributed by atoms with van der Waals surface area (Å²) in [7, 11) is 0. The number of hydrogen-bond donors (Lipinski definition) is 1. The zero-order valence-electron chi connectivity index (χ0n) is 19.3. The number of unbranched alkanes of at least 4 members (excludes halogenated alkanes) is 1. The van der Waals surface area contributed by atoms with Crippen LogP contribution in [0.3, 0.4) is 0 Å². The summed E-state index contributed by atoms with van der Waals surface area (Å²) in [5.74, 6) is -1.44. The lowest BCUT2D eigenvalue weighted by molar-refractivity contribution is -0.140. The number of amides is 2. The van der Waals surface area contributed by atoms with Crippen LogP contribution in [0.2, 0.25) is 0 Å². The predicted octanol–water partition coefficient (Wildman–Crippen LogP) is 5.06. The van der Waals surface area contributed by atoms with Crippen molar-refractivity contribution < 1.29 is 18.4 Å². The van der Waals surface area contributed by atoms with Gasteiger partial charge in [-0.1, -0.05) is 74.0 Å². The standard InChI is InChI=1S/C28H30F2N2O2/c1-2-3-17-31-28(34)26(18-21-9-5-4-6-10-21)32(20-23-11-7-8-12-25(23)30)27(33)19-22-13-15-24(29)16-14-22/h4-16,26H,2-3,17-20H2,1H3,(H,31,34)/t26-/m0/s1. The number of benzene rings is 3. The molecule has 0 spiro atoms. The summed E-state index contributed by atoms with van der Waals surface area (Å²) in [6.45, 7) is 2.48. The monoisotopic (exact) mass is 464 g/mol. The molecule has 3 rings (SSSR count). The molecule has 1 atom stereocenters. The molecule has 0 aromatic heterocycles. The van der Waals surface area contributed by atoms with Gasteiger partial charge in [0.25, 0.3) is 0 Å². The quantitative estimate of drug-likeness (QED) is 0.403. The number of rotatable bonds is 11. The first-order chi connectivity index (χ1) is 16.5. The summed E-state index contributed by atoms with van der Waals surface area (Å²) in [4.78, 5) is 28.2. The van der Waals surface area contributed by atoms with Gasteiger partial charge in [0.15, 0.2) is 0 Å². The second kappa shape index (κ2) is 12.6. The van der Waals surface area contributed by atoms with Gasteiger partial charge in [-0.3, -0.25) is 9.59 Å². The average molecular weight is 465 g/mol. The van der Waals surface area contributed by atoms with Crippen molar-refractivity contribution in [1.29, 1.82) is 0 Å². The van der Waals surface area contributed by atoms with E-state index in [1.807, 2.05) is 37.3 Å². The third-order valence-corrected chi connectivity index (χ3v) is 5.67. The van der Waals surface area contributed by atoms with Gasteiger partial charge in [0.05, 0.1) is 6.42 Å². The minimum absolute atomic E-state index is 0.0255. The van der Waals surface area contributed by atoms with Gasteiger partial charge in [-0.2, -0.15) is 0 Å². The molecule has 1 N–H and O–H groups in total. The SMILES string of the molecule is CCCCNC(=O)[C@H](Cc1ccccc1)N(Cc1ccccc1F)C(=O)Cc1ccc(F)cc1. The van der Waals surface area contributed by atoms with Crippen molar-refractivity contribution >= 4 is 11.8 Å². The number of hydrogen-bond acceptors (Lipinski definition) is 2. The Balaban J connectivity index is 1.94. The first-order valence-corrected chi connectivity index (χ1v) is 11.6. The normalized spacial score (nSPS) is 11.6. The van der Waals surface area contributed by atoms with E-state index in [0.29, 0.717) is 24.1 Å². The van der Waals surface area contributed by atoms with Gasteiger partial charge in [-0.05, 0) is 35.7 Å². The molecule has 0 bridgehead atoms. The van der Waals surface area contributed by atoms with Crippen molar-refractivity contribution in [3.63, 3.8) is 0 Å². The van der Waals surface area contributed by atoms with Crippen LogP contribution in [0, 0.1) is 11.6 Å². The van der Waals surface area contributed by atoms with E-state index >= 15 is 0 Å². The molecule has 6 heteroatoms. The largest absolute Gasteiger partial charge is 0.354 e. The Morgan fingerprint density at radius 3 is 2.24 bits per heavy atom. The highest BCUT2D eigenvalue weighted by molar-refractivity contribution is 5.88. The van der Waals surface area contributed by atoms with Gasteiger partial charge in [-0.15, -0.1) is 0 Å². The van der Waals surface area contributed by atoms with E-state index in [9.17, 15) is 18.4 Å². The van der Waals surface area contributed by atoms with Crippen LogP contribution >= 0.6 is 0 Å². The van der Waals surface area contributed by atoms with E-state index in [4.69, 9.17) is 0 Å². The first-order valence-electron chi connectivity index (χ1n) is 11.6. The molecule has 2 amide bonds. The second-order valence-electron chi connectivity index (χ2n) is 8.27. The molecular weight excluding hydrogens is 434 g/mol. The molecule has 0 unspecified atom stereocenters. The van der Waals surface area contributed by atoms with E-state index in [0.717, 1.165) is 18.4 Å². The van der Waals surface area contributed by atoms with Gasteiger partial charge in [0.1, 0.15) is 17.7 Å². The Morgan fingerprint density at radius 2 is 1.56 bits per heavy atom. The molecule has 0 heterocycles. The van der Waals surface area contributed by atoms with Gasteiger partial charge in [0, 0.05) is 25.1 Å². The highest BCUT2D eigenvalue weighted by Gasteiger charge is 2.30. The molecule has 4 nitrogen and oxygen atoms in total. The summed E-state index contributed by atoms with van der Waals surface area (Å²) in [6, 6.07) is 20.5. The lowest BCUT2D eigenvalue weighted by atomic mass is 10.0. The van der Waals surface area contributed by atoms with Crippen LogP contribution < -0.4 is 5.32 Å².